The van der Waals surface area contributed by atoms with Crippen LogP contribution in [0.2, 0.25) is 0 Å². The number of carboxylic acid groups (broad SMARTS) is 1. The average molecular weight is 215 g/mol. The van der Waals surface area contributed by atoms with Crippen molar-refractivity contribution >= 4 is 11.9 Å². The van der Waals surface area contributed by atoms with Crippen LogP contribution in [0, 0.1) is 5.41 Å². The Morgan fingerprint density at radius 3 is 2.13 bits per heavy atom. The Hall–Kier alpha value is -1.06. The summed E-state index contributed by atoms with van der Waals surface area (Å²) in [5.41, 5.74) is 0.0940. The van der Waals surface area contributed by atoms with Gasteiger partial charge in [0.05, 0.1) is 0 Å². The summed E-state index contributed by atoms with van der Waals surface area (Å²) >= 11 is 0. The van der Waals surface area contributed by atoms with Crippen LogP contribution in [-0.2, 0) is 9.59 Å². The van der Waals surface area contributed by atoms with Gasteiger partial charge in [0.1, 0.15) is 0 Å². The number of hydrogen-bond donors (Lipinski definition) is 2. The maximum atomic E-state index is 11.3. The van der Waals surface area contributed by atoms with E-state index < -0.39 is 5.97 Å². The molecule has 0 spiro atoms. The Bertz CT molecular complexity index is 218. The summed E-state index contributed by atoms with van der Waals surface area (Å²) in [5, 5.41) is 11.2. The Morgan fingerprint density at radius 2 is 1.67 bits per heavy atom. The molecule has 4 nitrogen and oxygen atoms in total. The molecular formula is C11H21NO3. The summed E-state index contributed by atoms with van der Waals surface area (Å²) in [7, 11) is 0. The molecule has 0 bridgehead atoms. The topological polar surface area (TPSA) is 66.4 Å². The van der Waals surface area contributed by atoms with Crippen molar-refractivity contribution in [2.75, 3.05) is 6.54 Å². The van der Waals surface area contributed by atoms with Crippen molar-refractivity contribution in [2.24, 2.45) is 5.41 Å². The minimum atomic E-state index is -0.801. The molecule has 88 valence electrons. The standard InChI is InChI=1S/C11H21NO3/c1-11(2,3)8-12-9(13)6-4-5-7-10(14)15/h4-8H2,1-3H3,(H,12,13)(H,14,15). The number of aliphatic carboxylic acids is 1. The number of amides is 1. The van der Waals surface area contributed by atoms with Gasteiger partial charge in [-0.25, -0.2) is 0 Å². The molecule has 0 heterocycles. The number of carboxylic acids is 1. The molecule has 0 aromatic heterocycles. The molecule has 0 unspecified atom stereocenters. The predicted octanol–water partition coefficient (Wildman–Crippen LogP) is 1.79. The summed E-state index contributed by atoms with van der Waals surface area (Å²) in [6.07, 6.45) is 1.77. The minimum absolute atomic E-state index is 0.00955. The first-order valence-corrected chi connectivity index (χ1v) is 5.30. The Balaban J connectivity index is 3.46. The lowest BCUT2D eigenvalue weighted by Gasteiger charge is -2.18. The molecule has 0 rings (SSSR count). The molecule has 15 heavy (non-hydrogen) atoms. The maximum absolute atomic E-state index is 11.3. The second-order valence-electron chi connectivity index (χ2n) is 4.94. The minimum Gasteiger partial charge on any atom is -0.481 e. The number of carbonyl (C=O) groups excluding carboxylic acids is 1. The molecule has 0 aromatic rings. The normalized spacial score (nSPS) is 11.1. The van der Waals surface area contributed by atoms with E-state index in [1.54, 1.807) is 0 Å². The van der Waals surface area contributed by atoms with Gasteiger partial charge in [-0.1, -0.05) is 20.8 Å². The fraction of sp³-hybridized carbons (Fsp3) is 0.818. The summed E-state index contributed by atoms with van der Waals surface area (Å²) in [4.78, 5) is 21.5. The summed E-state index contributed by atoms with van der Waals surface area (Å²) < 4.78 is 0. The molecule has 0 saturated heterocycles. The van der Waals surface area contributed by atoms with Crippen molar-refractivity contribution in [1.82, 2.24) is 5.32 Å². The number of rotatable bonds is 6. The third kappa shape index (κ3) is 10.9. The highest BCUT2D eigenvalue weighted by Gasteiger charge is 2.11. The molecule has 0 aliphatic rings. The zero-order chi connectivity index (χ0) is 11.9. The van der Waals surface area contributed by atoms with Gasteiger partial charge in [0, 0.05) is 19.4 Å². The largest absolute Gasteiger partial charge is 0.481 e. The van der Waals surface area contributed by atoms with Gasteiger partial charge < -0.3 is 10.4 Å². The van der Waals surface area contributed by atoms with Crippen LogP contribution in [0.5, 0.6) is 0 Å². The van der Waals surface area contributed by atoms with E-state index in [9.17, 15) is 9.59 Å². The van der Waals surface area contributed by atoms with Crippen LogP contribution >= 0.6 is 0 Å². The third-order valence-electron chi connectivity index (χ3n) is 1.86. The number of unbranched alkanes of at least 4 members (excludes halogenated alkanes) is 1. The van der Waals surface area contributed by atoms with E-state index in [1.165, 1.54) is 0 Å². The molecule has 4 heteroatoms. The van der Waals surface area contributed by atoms with E-state index >= 15 is 0 Å². The van der Waals surface area contributed by atoms with Crippen molar-refractivity contribution in [3.63, 3.8) is 0 Å². The number of nitrogens with one attached hydrogen (secondary N) is 1. The molecular weight excluding hydrogens is 194 g/mol. The summed E-state index contributed by atoms with van der Waals surface area (Å²) in [6.45, 7) is 6.82. The van der Waals surface area contributed by atoms with E-state index in [1.807, 2.05) is 0 Å². The molecule has 0 aromatic carbocycles. The Kier molecular flexibility index (Phi) is 5.97. The molecule has 2 N–H and O–H groups in total. The smallest absolute Gasteiger partial charge is 0.303 e. The lowest BCUT2D eigenvalue weighted by molar-refractivity contribution is -0.137. The highest BCUT2D eigenvalue weighted by molar-refractivity contribution is 5.75. The van der Waals surface area contributed by atoms with Crippen LogP contribution in [0.15, 0.2) is 0 Å². The fourth-order valence-corrected chi connectivity index (χ4v) is 1.01. The van der Waals surface area contributed by atoms with Crippen molar-refractivity contribution in [1.29, 1.82) is 0 Å². The van der Waals surface area contributed by atoms with Gasteiger partial charge in [0.15, 0.2) is 0 Å². The van der Waals surface area contributed by atoms with Crippen molar-refractivity contribution in [3.05, 3.63) is 0 Å². The van der Waals surface area contributed by atoms with E-state index in [0.717, 1.165) is 0 Å². The van der Waals surface area contributed by atoms with Gasteiger partial charge in [-0.05, 0) is 18.3 Å². The molecule has 0 atom stereocenters. The Morgan fingerprint density at radius 1 is 1.13 bits per heavy atom. The van der Waals surface area contributed by atoms with E-state index in [0.29, 0.717) is 25.8 Å². The van der Waals surface area contributed by atoms with E-state index in [-0.39, 0.29) is 17.7 Å². The monoisotopic (exact) mass is 215 g/mol. The fourth-order valence-electron chi connectivity index (χ4n) is 1.01. The van der Waals surface area contributed by atoms with Crippen LogP contribution in [0.3, 0.4) is 0 Å². The van der Waals surface area contributed by atoms with Gasteiger partial charge in [0.2, 0.25) is 5.91 Å². The first-order valence-electron chi connectivity index (χ1n) is 5.30. The van der Waals surface area contributed by atoms with Crippen molar-refractivity contribution < 1.29 is 14.7 Å². The zero-order valence-corrected chi connectivity index (χ0v) is 9.80. The van der Waals surface area contributed by atoms with Crippen LogP contribution in [0.4, 0.5) is 0 Å². The van der Waals surface area contributed by atoms with Crippen LogP contribution in [0.1, 0.15) is 46.5 Å². The summed E-state index contributed by atoms with van der Waals surface area (Å²) in [5.74, 6) is -0.791. The van der Waals surface area contributed by atoms with E-state index in [2.05, 4.69) is 26.1 Å². The molecule has 0 aliphatic heterocycles. The van der Waals surface area contributed by atoms with Gasteiger partial charge in [-0.15, -0.1) is 0 Å². The maximum Gasteiger partial charge on any atom is 0.303 e. The van der Waals surface area contributed by atoms with Crippen LogP contribution in [-0.4, -0.2) is 23.5 Å². The van der Waals surface area contributed by atoms with E-state index in [4.69, 9.17) is 5.11 Å². The van der Waals surface area contributed by atoms with Gasteiger partial charge in [-0.3, -0.25) is 9.59 Å². The van der Waals surface area contributed by atoms with Gasteiger partial charge >= 0.3 is 5.97 Å². The highest BCUT2D eigenvalue weighted by atomic mass is 16.4. The quantitative estimate of drug-likeness (QED) is 0.664. The highest BCUT2D eigenvalue weighted by Crippen LogP contribution is 2.10. The van der Waals surface area contributed by atoms with Crippen molar-refractivity contribution in [3.8, 4) is 0 Å². The summed E-state index contributed by atoms with van der Waals surface area (Å²) in [6, 6.07) is 0. The Labute approximate surface area is 91.1 Å². The zero-order valence-electron chi connectivity index (χ0n) is 9.80. The first-order chi connectivity index (χ1) is 6.81. The van der Waals surface area contributed by atoms with Crippen LogP contribution in [0.25, 0.3) is 0 Å². The predicted molar refractivity (Wildman–Crippen MR) is 58.6 cm³/mol. The van der Waals surface area contributed by atoms with Crippen LogP contribution < -0.4 is 5.32 Å². The van der Waals surface area contributed by atoms with Gasteiger partial charge in [0.25, 0.3) is 0 Å². The molecule has 0 radical (unpaired) electrons. The molecule has 0 aliphatic carbocycles. The first kappa shape index (κ1) is 13.9. The third-order valence-corrected chi connectivity index (χ3v) is 1.86. The van der Waals surface area contributed by atoms with Gasteiger partial charge in [-0.2, -0.15) is 0 Å². The SMILES string of the molecule is CC(C)(C)CNC(=O)CCCCC(=O)O. The molecule has 0 saturated carbocycles. The number of carbonyl (C=O) groups is 2. The second-order valence-corrected chi connectivity index (χ2v) is 4.94. The molecule has 1 amide bonds. The molecule has 0 fully saturated rings. The lowest BCUT2D eigenvalue weighted by Crippen LogP contribution is -2.32. The van der Waals surface area contributed by atoms with Crippen molar-refractivity contribution in [2.45, 2.75) is 46.5 Å². The number of hydrogen-bond acceptors (Lipinski definition) is 2. The average Bonchev–Trinajstić information content (AvgIpc) is 2.07. The lowest BCUT2D eigenvalue weighted by atomic mass is 9.97. The second kappa shape index (κ2) is 6.43.